The number of benzene rings is 1. The minimum Gasteiger partial charge on any atom is -0.336 e. The average molecular weight is 262 g/mol. The first-order valence-electron chi connectivity index (χ1n) is 6.94. The molecular formula is C15H19FN2O. The van der Waals surface area contributed by atoms with Gasteiger partial charge in [-0.05, 0) is 31.9 Å². The van der Waals surface area contributed by atoms with Crippen LogP contribution in [0.25, 0.3) is 0 Å². The molecule has 1 heterocycles. The summed E-state index contributed by atoms with van der Waals surface area (Å²) in [6, 6.07) is 5.46. The number of halogens is 1. The predicted molar refractivity (Wildman–Crippen MR) is 71.6 cm³/mol. The maximum absolute atomic E-state index is 13.7. The van der Waals surface area contributed by atoms with Crippen molar-refractivity contribution in [2.45, 2.75) is 25.8 Å². The van der Waals surface area contributed by atoms with Gasteiger partial charge in [-0.25, -0.2) is 4.39 Å². The third-order valence-electron chi connectivity index (χ3n) is 4.02. The lowest BCUT2D eigenvalue weighted by molar-refractivity contribution is 0.0622. The number of nitrogens with zero attached hydrogens (tertiary/aromatic N) is 2. The number of carbonyl (C=O) groups excluding carboxylic acids is 1. The van der Waals surface area contributed by atoms with Gasteiger partial charge in [0.1, 0.15) is 5.82 Å². The van der Waals surface area contributed by atoms with Gasteiger partial charge in [0.25, 0.3) is 5.91 Å². The fraction of sp³-hybridized carbons (Fsp3) is 0.533. The van der Waals surface area contributed by atoms with Crippen molar-refractivity contribution in [1.82, 2.24) is 9.80 Å². The largest absolute Gasteiger partial charge is 0.336 e. The second-order valence-corrected chi connectivity index (χ2v) is 5.54. The fourth-order valence-electron chi connectivity index (χ4n) is 2.70. The van der Waals surface area contributed by atoms with Crippen molar-refractivity contribution >= 4 is 5.91 Å². The van der Waals surface area contributed by atoms with E-state index in [9.17, 15) is 9.18 Å². The lowest BCUT2D eigenvalue weighted by Crippen LogP contribution is -2.49. The topological polar surface area (TPSA) is 23.6 Å². The van der Waals surface area contributed by atoms with Crippen LogP contribution in [-0.4, -0.2) is 47.9 Å². The molecule has 0 unspecified atom stereocenters. The van der Waals surface area contributed by atoms with Gasteiger partial charge in [-0.15, -0.1) is 0 Å². The zero-order valence-corrected chi connectivity index (χ0v) is 11.2. The van der Waals surface area contributed by atoms with Crippen LogP contribution in [0.1, 0.15) is 28.8 Å². The predicted octanol–water partition coefficient (Wildman–Crippen LogP) is 2.05. The molecule has 0 bridgehead atoms. The molecule has 3 nitrogen and oxygen atoms in total. The number of carbonyl (C=O) groups is 1. The van der Waals surface area contributed by atoms with Crippen LogP contribution in [0.15, 0.2) is 18.2 Å². The van der Waals surface area contributed by atoms with Gasteiger partial charge < -0.3 is 4.90 Å². The third kappa shape index (κ3) is 2.63. The van der Waals surface area contributed by atoms with Gasteiger partial charge in [-0.1, -0.05) is 11.6 Å². The van der Waals surface area contributed by atoms with Crippen molar-refractivity contribution in [3.05, 3.63) is 35.1 Å². The Morgan fingerprint density at radius 2 is 1.89 bits per heavy atom. The van der Waals surface area contributed by atoms with E-state index in [1.807, 2.05) is 6.92 Å². The zero-order chi connectivity index (χ0) is 13.4. The van der Waals surface area contributed by atoms with E-state index >= 15 is 0 Å². The van der Waals surface area contributed by atoms with Crippen LogP contribution in [0, 0.1) is 12.7 Å². The second kappa shape index (κ2) is 4.93. The van der Waals surface area contributed by atoms with E-state index in [0.29, 0.717) is 13.1 Å². The molecule has 1 aliphatic heterocycles. The van der Waals surface area contributed by atoms with E-state index in [1.54, 1.807) is 17.0 Å². The van der Waals surface area contributed by atoms with Crippen LogP contribution in [0.3, 0.4) is 0 Å². The average Bonchev–Trinajstić information content (AvgIpc) is 3.25. The molecule has 19 heavy (non-hydrogen) atoms. The summed E-state index contributed by atoms with van der Waals surface area (Å²) in [7, 11) is 0. The molecule has 2 fully saturated rings. The number of piperazine rings is 1. The minimum atomic E-state index is -0.416. The molecule has 1 saturated carbocycles. The zero-order valence-electron chi connectivity index (χ0n) is 11.2. The maximum atomic E-state index is 13.7. The number of amides is 1. The number of hydrogen-bond donors (Lipinski definition) is 0. The summed E-state index contributed by atoms with van der Waals surface area (Å²) in [6.07, 6.45) is 2.58. The van der Waals surface area contributed by atoms with E-state index in [0.717, 1.165) is 24.7 Å². The molecule has 3 rings (SSSR count). The van der Waals surface area contributed by atoms with Crippen LogP contribution in [0.5, 0.6) is 0 Å². The molecule has 0 radical (unpaired) electrons. The molecule has 4 heteroatoms. The quantitative estimate of drug-likeness (QED) is 0.814. The van der Waals surface area contributed by atoms with Gasteiger partial charge in [0, 0.05) is 32.2 Å². The SMILES string of the molecule is Cc1ccc(F)c(C(=O)N2CCN(C3CC3)CC2)c1. The second-order valence-electron chi connectivity index (χ2n) is 5.54. The molecule has 1 aromatic carbocycles. The summed E-state index contributed by atoms with van der Waals surface area (Å²) >= 11 is 0. The van der Waals surface area contributed by atoms with Gasteiger partial charge >= 0.3 is 0 Å². The molecule has 1 aliphatic carbocycles. The smallest absolute Gasteiger partial charge is 0.256 e. The fourth-order valence-corrected chi connectivity index (χ4v) is 2.70. The molecule has 0 spiro atoms. The van der Waals surface area contributed by atoms with Gasteiger partial charge in [0.05, 0.1) is 5.56 Å². The highest BCUT2D eigenvalue weighted by Gasteiger charge is 2.32. The Morgan fingerprint density at radius 3 is 2.53 bits per heavy atom. The number of hydrogen-bond acceptors (Lipinski definition) is 2. The monoisotopic (exact) mass is 262 g/mol. The van der Waals surface area contributed by atoms with Gasteiger partial charge in [-0.2, -0.15) is 0 Å². The molecule has 1 amide bonds. The molecule has 2 aliphatic rings. The van der Waals surface area contributed by atoms with Crippen LogP contribution in [-0.2, 0) is 0 Å². The molecular weight excluding hydrogens is 243 g/mol. The van der Waals surface area contributed by atoms with Crippen molar-refractivity contribution in [2.75, 3.05) is 26.2 Å². The van der Waals surface area contributed by atoms with E-state index in [2.05, 4.69) is 4.90 Å². The summed E-state index contributed by atoms with van der Waals surface area (Å²) in [5.41, 5.74) is 1.13. The molecule has 102 valence electrons. The van der Waals surface area contributed by atoms with Gasteiger partial charge in [-0.3, -0.25) is 9.69 Å². The first-order chi connectivity index (χ1) is 9.15. The molecule has 0 N–H and O–H groups in total. The van der Waals surface area contributed by atoms with E-state index in [4.69, 9.17) is 0 Å². The first-order valence-corrected chi connectivity index (χ1v) is 6.94. The van der Waals surface area contributed by atoms with Crippen LogP contribution >= 0.6 is 0 Å². The van der Waals surface area contributed by atoms with Crippen molar-refractivity contribution in [3.63, 3.8) is 0 Å². The molecule has 0 aromatic heterocycles. The Balaban J connectivity index is 1.68. The van der Waals surface area contributed by atoms with Crippen LogP contribution in [0.4, 0.5) is 4.39 Å². The molecule has 1 saturated heterocycles. The molecule has 0 atom stereocenters. The van der Waals surface area contributed by atoms with Crippen molar-refractivity contribution in [3.8, 4) is 0 Å². The summed E-state index contributed by atoms with van der Waals surface area (Å²) in [5, 5.41) is 0. The van der Waals surface area contributed by atoms with Crippen LogP contribution in [0.2, 0.25) is 0 Å². The Labute approximate surface area is 113 Å². The Kier molecular flexibility index (Phi) is 3.27. The highest BCUT2D eigenvalue weighted by Crippen LogP contribution is 2.27. The lowest BCUT2D eigenvalue weighted by atomic mass is 10.1. The Morgan fingerprint density at radius 1 is 1.21 bits per heavy atom. The first kappa shape index (κ1) is 12.6. The standard InChI is InChI=1S/C15H19FN2O/c1-11-2-5-14(16)13(10-11)15(19)18-8-6-17(7-9-18)12-3-4-12/h2,5,10,12H,3-4,6-9H2,1H3. The Bertz CT molecular complexity index is 491. The van der Waals surface area contributed by atoms with E-state index < -0.39 is 5.82 Å². The Hall–Kier alpha value is -1.42. The van der Waals surface area contributed by atoms with Crippen LogP contribution < -0.4 is 0 Å². The summed E-state index contributed by atoms with van der Waals surface area (Å²) in [4.78, 5) is 16.5. The summed E-state index contributed by atoms with van der Waals surface area (Å²) in [6.45, 7) is 5.14. The van der Waals surface area contributed by atoms with E-state index in [1.165, 1.54) is 18.9 Å². The minimum absolute atomic E-state index is 0.170. The van der Waals surface area contributed by atoms with Crippen molar-refractivity contribution < 1.29 is 9.18 Å². The maximum Gasteiger partial charge on any atom is 0.256 e. The third-order valence-corrected chi connectivity index (χ3v) is 4.02. The normalized spacial score (nSPS) is 20.6. The highest BCUT2D eigenvalue weighted by molar-refractivity contribution is 5.94. The van der Waals surface area contributed by atoms with Crippen molar-refractivity contribution in [1.29, 1.82) is 0 Å². The molecule has 1 aromatic rings. The summed E-state index contributed by atoms with van der Waals surface area (Å²) in [5.74, 6) is -0.586. The van der Waals surface area contributed by atoms with E-state index in [-0.39, 0.29) is 11.5 Å². The lowest BCUT2D eigenvalue weighted by Gasteiger charge is -2.34. The van der Waals surface area contributed by atoms with Gasteiger partial charge in [0.2, 0.25) is 0 Å². The van der Waals surface area contributed by atoms with Gasteiger partial charge in [0.15, 0.2) is 0 Å². The number of rotatable bonds is 2. The highest BCUT2D eigenvalue weighted by atomic mass is 19.1. The number of aryl methyl sites for hydroxylation is 1. The summed E-state index contributed by atoms with van der Waals surface area (Å²) < 4.78 is 13.7. The van der Waals surface area contributed by atoms with Crippen molar-refractivity contribution in [2.24, 2.45) is 0 Å².